The Hall–Kier alpha value is -2.50. The van der Waals surface area contributed by atoms with Gasteiger partial charge in [0.15, 0.2) is 5.75 Å². The number of hydrogen-bond donors (Lipinski definition) is 2. The summed E-state index contributed by atoms with van der Waals surface area (Å²) in [4.78, 5) is 22.9. The molecule has 6 nitrogen and oxygen atoms in total. The van der Waals surface area contributed by atoms with Gasteiger partial charge in [-0.15, -0.1) is 0 Å². The number of benzene rings is 1. The zero-order valence-electron chi connectivity index (χ0n) is 11.3. The van der Waals surface area contributed by atoms with Crippen LogP contribution in [0.1, 0.15) is 30.1 Å². The van der Waals surface area contributed by atoms with Crippen LogP contribution in [-0.4, -0.2) is 18.5 Å². The van der Waals surface area contributed by atoms with Crippen molar-refractivity contribution in [1.29, 1.82) is 0 Å². The highest BCUT2D eigenvalue weighted by atomic mass is 16.5. The van der Waals surface area contributed by atoms with Crippen molar-refractivity contribution < 1.29 is 19.1 Å². The number of unbranched alkanes of at least 4 members (excludes halogenated alkanes) is 1. The van der Waals surface area contributed by atoms with Gasteiger partial charge in [-0.25, -0.2) is 9.59 Å². The lowest BCUT2D eigenvalue weighted by atomic mass is 10.1. The summed E-state index contributed by atoms with van der Waals surface area (Å²) >= 11 is 0. The monoisotopic (exact) mass is 278 g/mol. The van der Waals surface area contributed by atoms with Crippen LogP contribution in [-0.2, 0) is 9.53 Å². The van der Waals surface area contributed by atoms with Crippen LogP contribution in [0.3, 0.4) is 0 Å². The molecule has 0 bridgehead atoms. The maximum atomic E-state index is 11.8. The molecular weight excluding hydrogens is 260 g/mol. The average Bonchev–Trinajstić information content (AvgIpc) is 2.42. The number of carbonyl (C=O) groups excluding carboxylic acids is 2. The molecule has 0 amide bonds. The maximum absolute atomic E-state index is 11.8. The van der Waals surface area contributed by atoms with Crippen LogP contribution in [0.5, 0.6) is 5.75 Å². The van der Waals surface area contributed by atoms with E-state index in [2.05, 4.69) is 6.58 Å². The molecule has 0 saturated carbocycles. The highest BCUT2D eigenvalue weighted by Crippen LogP contribution is 2.28. The fraction of sp³-hybridized carbons (Fsp3) is 0.286. The van der Waals surface area contributed by atoms with E-state index in [1.54, 1.807) is 0 Å². The molecule has 0 heterocycles. The second-order valence-corrected chi connectivity index (χ2v) is 4.09. The van der Waals surface area contributed by atoms with Crippen molar-refractivity contribution in [3.63, 3.8) is 0 Å². The number of anilines is 2. The van der Waals surface area contributed by atoms with Gasteiger partial charge in [0.1, 0.15) is 0 Å². The smallest absolute Gasteiger partial charge is 0.340 e. The topological polar surface area (TPSA) is 105 Å². The van der Waals surface area contributed by atoms with Crippen molar-refractivity contribution in [1.82, 2.24) is 0 Å². The molecule has 0 radical (unpaired) electrons. The molecule has 1 rings (SSSR count). The largest absolute Gasteiger partial charge is 0.462 e. The predicted molar refractivity (Wildman–Crippen MR) is 76.3 cm³/mol. The molecule has 0 aromatic heterocycles. The summed E-state index contributed by atoms with van der Waals surface area (Å²) in [5.74, 6) is -1.13. The van der Waals surface area contributed by atoms with Crippen LogP contribution in [0.2, 0.25) is 0 Å². The standard InChI is InChI=1S/C14H18N2O4/c1-3-5-6-19-14(18)9-7-11(16)12(8-10(9)15)20-13(17)4-2/h4,7-8H,2-3,5-6,15-16H2,1H3. The molecule has 108 valence electrons. The lowest BCUT2D eigenvalue weighted by Gasteiger charge is -2.11. The SMILES string of the molecule is C=CC(=O)Oc1cc(N)c(C(=O)OCCCC)cc1N. The number of nitrogens with two attached hydrogens (primary N) is 2. The van der Waals surface area contributed by atoms with Crippen LogP contribution < -0.4 is 16.2 Å². The van der Waals surface area contributed by atoms with Crippen molar-refractivity contribution in [3.05, 3.63) is 30.4 Å². The van der Waals surface area contributed by atoms with Crippen molar-refractivity contribution in [2.45, 2.75) is 19.8 Å². The zero-order valence-corrected chi connectivity index (χ0v) is 11.3. The molecule has 0 fully saturated rings. The van der Waals surface area contributed by atoms with Gasteiger partial charge in [-0.1, -0.05) is 19.9 Å². The van der Waals surface area contributed by atoms with E-state index in [0.29, 0.717) is 6.61 Å². The average molecular weight is 278 g/mol. The van der Waals surface area contributed by atoms with Gasteiger partial charge in [0.2, 0.25) is 0 Å². The van der Waals surface area contributed by atoms with Gasteiger partial charge in [0.25, 0.3) is 0 Å². The fourth-order valence-electron chi connectivity index (χ4n) is 1.41. The van der Waals surface area contributed by atoms with Crippen LogP contribution in [0.4, 0.5) is 11.4 Å². The van der Waals surface area contributed by atoms with Gasteiger partial charge in [-0.3, -0.25) is 0 Å². The maximum Gasteiger partial charge on any atom is 0.340 e. The second kappa shape index (κ2) is 7.18. The van der Waals surface area contributed by atoms with E-state index in [1.807, 2.05) is 6.92 Å². The van der Waals surface area contributed by atoms with Gasteiger partial charge in [-0.2, -0.15) is 0 Å². The van der Waals surface area contributed by atoms with Crippen molar-refractivity contribution in [3.8, 4) is 5.75 Å². The number of hydrogen-bond acceptors (Lipinski definition) is 6. The molecule has 0 aliphatic heterocycles. The van der Waals surface area contributed by atoms with Gasteiger partial charge in [-0.05, 0) is 12.5 Å². The minimum absolute atomic E-state index is 0.0810. The molecule has 4 N–H and O–H groups in total. The first-order chi connectivity index (χ1) is 9.49. The van der Waals surface area contributed by atoms with Gasteiger partial charge < -0.3 is 20.9 Å². The fourth-order valence-corrected chi connectivity index (χ4v) is 1.41. The number of nitrogen functional groups attached to an aromatic ring is 2. The number of esters is 2. The molecule has 20 heavy (non-hydrogen) atoms. The van der Waals surface area contributed by atoms with E-state index in [-0.39, 0.29) is 22.7 Å². The lowest BCUT2D eigenvalue weighted by Crippen LogP contribution is -2.12. The van der Waals surface area contributed by atoms with Crippen molar-refractivity contribution >= 4 is 23.3 Å². The molecule has 1 aromatic carbocycles. The highest BCUT2D eigenvalue weighted by molar-refractivity contribution is 5.97. The van der Waals surface area contributed by atoms with Crippen LogP contribution in [0.15, 0.2) is 24.8 Å². The summed E-state index contributed by atoms with van der Waals surface area (Å²) in [5.41, 5.74) is 11.9. The molecular formula is C14H18N2O4. The van der Waals surface area contributed by atoms with Crippen molar-refractivity contribution in [2.24, 2.45) is 0 Å². The van der Waals surface area contributed by atoms with E-state index in [9.17, 15) is 9.59 Å². The molecule has 0 atom stereocenters. The molecule has 0 spiro atoms. The molecule has 1 aromatic rings. The highest BCUT2D eigenvalue weighted by Gasteiger charge is 2.16. The minimum atomic E-state index is -0.658. The van der Waals surface area contributed by atoms with Crippen LogP contribution in [0.25, 0.3) is 0 Å². The summed E-state index contributed by atoms with van der Waals surface area (Å²) in [7, 11) is 0. The van der Waals surface area contributed by atoms with E-state index in [1.165, 1.54) is 12.1 Å². The third-order valence-electron chi connectivity index (χ3n) is 2.51. The van der Waals surface area contributed by atoms with Gasteiger partial charge in [0, 0.05) is 17.8 Å². The van der Waals surface area contributed by atoms with E-state index in [0.717, 1.165) is 18.9 Å². The Kier molecular flexibility index (Phi) is 5.58. The normalized spacial score (nSPS) is 9.85. The predicted octanol–water partition coefficient (Wildman–Crippen LogP) is 1.90. The van der Waals surface area contributed by atoms with Crippen molar-refractivity contribution in [2.75, 3.05) is 18.1 Å². The van der Waals surface area contributed by atoms with E-state index >= 15 is 0 Å². The Balaban J connectivity index is 2.90. The lowest BCUT2D eigenvalue weighted by molar-refractivity contribution is -0.128. The Morgan fingerprint density at radius 2 is 2.00 bits per heavy atom. The number of ether oxygens (including phenoxy) is 2. The summed E-state index contributed by atoms with van der Waals surface area (Å²) < 4.78 is 9.94. The Morgan fingerprint density at radius 1 is 1.30 bits per heavy atom. The molecule has 0 unspecified atom stereocenters. The minimum Gasteiger partial charge on any atom is -0.462 e. The van der Waals surface area contributed by atoms with E-state index in [4.69, 9.17) is 20.9 Å². The first-order valence-corrected chi connectivity index (χ1v) is 6.20. The number of rotatable bonds is 6. The summed E-state index contributed by atoms with van der Waals surface area (Å²) in [6.45, 7) is 5.59. The van der Waals surface area contributed by atoms with E-state index < -0.39 is 11.9 Å². The summed E-state index contributed by atoms with van der Waals surface area (Å²) in [5, 5.41) is 0. The zero-order chi connectivity index (χ0) is 15.1. The molecule has 0 aliphatic rings. The van der Waals surface area contributed by atoms with Crippen LogP contribution >= 0.6 is 0 Å². The summed E-state index contributed by atoms with van der Waals surface area (Å²) in [6, 6.07) is 2.64. The second-order valence-electron chi connectivity index (χ2n) is 4.09. The first-order valence-electron chi connectivity index (χ1n) is 6.20. The molecule has 6 heteroatoms. The Bertz CT molecular complexity index is 526. The molecule has 0 saturated heterocycles. The third-order valence-corrected chi connectivity index (χ3v) is 2.51. The Labute approximate surface area is 117 Å². The third kappa shape index (κ3) is 4.01. The van der Waals surface area contributed by atoms with Gasteiger partial charge >= 0.3 is 11.9 Å². The molecule has 0 aliphatic carbocycles. The van der Waals surface area contributed by atoms with Crippen LogP contribution in [0, 0.1) is 0 Å². The first kappa shape index (κ1) is 15.6. The summed E-state index contributed by atoms with van der Waals surface area (Å²) in [6.07, 6.45) is 2.69. The number of carbonyl (C=O) groups is 2. The van der Waals surface area contributed by atoms with Gasteiger partial charge in [0.05, 0.1) is 17.9 Å². The quantitative estimate of drug-likeness (QED) is 0.271. The Morgan fingerprint density at radius 3 is 2.60 bits per heavy atom.